The first-order valence-corrected chi connectivity index (χ1v) is 6.36. The predicted octanol–water partition coefficient (Wildman–Crippen LogP) is 3.24. The molecule has 18 heavy (non-hydrogen) atoms. The van der Waals surface area contributed by atoms with Crippen molar-refractivity contribution in [3.8, 4) is 5.75 Å². The Bertz CT molecular complexity index is 557. The zero-order valence-corrected chi connectivity index (χ0v) is 11.8. The number of nitrogens with zero attached hydrogens (tertiary/aromatic N) is 1. The second-order valence-corrected chi connectivity index (χ2v) is 4.76. The first-order valence-electron chi connectivity index (χ1n) is 5.57. The lowest BCUT2D eigenvalue weighted by Gasteiger charge is -2.16. The van der Waals surface area contributed by atoms with Gasteiger partial charge in [0.25, 0.3) is 0 Å². The van der Waals surface area contributed by atoms with E-state index in [0.29, 0.717) is 11.4 Å². The van der Waals surface area contributed by atoms with E-state index < -0.39 is 6.10 Å². The Morgan fingerprint density at radius 3 is 2.78 bits per heavy atom. The highest BCUT2D eigenvalue weighted by Crippen LogP contribution is 2.33. The van der Waals surface area contributed by atoms with E-state index in [2.05, 4.69) is 20.9 Å². The van der Waals surface area contributed by atoms with Gasteiger partial charge in [-0.05, 0) is 24.6 Å². The average molecular weight is 308 g/mol. The number of rotatable bonds is 3. The number of hydrogen-bond acceptors (Lipinski definition) is 3. The highest BCUT2D eigenvalue weighted by molar-refractivity contribution is 9.10. The van der Waals surface area contributed by atoms with Crippen LogP contribution in [0.15, 0.2) is 41.0 Å². The topological polar surface area (TPSA) is 42.4 Å². The van der Waals surface area contributed by atoms with Crippen molar-refractivity contribution in [1.29, 1.82) is 0 Å². The molecule has 0 aliphatic rings. The molecule has 0 aliphatic heterocycles. The summed E-state index contributed by atoms with van der Waals surface area (Å²) in [6.45, 7) is 1.98. The molecule has 0 radical (unpaired) electrons. The molecule has 0 saturated heterocycles. The number of ether oxygens (including phenoxy) is 1. The molecule has 0 aliphatic carbocycles. The third-order valence-corrected chi connectivity index (χ3v) is 3.88. The van der Waals surface area contributed by atoms with Crippen molar-refractivity contribution in [1.82, 2.24) is 4.98 Å². The van der Waals surface area contributed by atoms with Gasteiger partial charge in [-0.1, -0.05) is 34.1 Å². The number of aliphatic hydroxyl groups excluding tert-OH is 1. The zero-order chi connectivity index (χ0) is 13.1. The van der Waals surface area contributed by atoms with Crippen LogP contribution in [0.5, 0.6) is 5.75 Å². The highest BCUT2D eigenvalue weighted by Gasteiger charge is 2.19. The molecule has 0 fully saturated rings. The number of benzene rings is 1. The van der Waals surface area contributed by atoms with Gasteiger partial charge in [0.2, 0.25) is 0 Å². The van der Waals surface area contributed by atoms with Crippen LogP contribution >= 0.6 is 15.9 Å². The summed E-state index contributed by atoms with van der Waals surface area (Å²) >= 11 is 3.50. The lowest BCUT2D eigenvalue weighted by molar-refractivity contribution is 0.208. The largest absolute Gasteiger partial charge is 0.495 e. The van der Waals surface area contributed by atoms with Crippen molar-refractivity contribution >= 4 is 15.9 Å². The summed E-state index contributed by atoms with van der Waals surface area (Å²) in [6.07, 6.45) is 0.834. The van der Waals surface area contributed by atoms with Gasteiger partial charge in [0, 0.05) is 16.2 Å². The average Bonchev–Trinajstić information content (AvgIpc) is 2.41. The van der Waals surface area contributed by atoms with Crippen LogP contribution in [0, 0.1) is 6.92 Å². The Morgan fingerprint density at radius 2 is 2.06 bits per heavy atom. The van der Waals surface area contributed by atoms with Crippen LogP contribution in [0.1, 0.15) is 22.9 Å². The highest BCUT2D eigenvalue weighted by atomic mass is 79.9. The number of aliphatic hydroxyl groups is 1. The third-order valence-electron chi connectivity index (χ3n) is 2.79. The Labute approximate surface area is 115 Å². The van der Waals surface area contributed by atoms with E-state index in [1.54, 1.807) is 25.4 Å². The van der Waals surface area contributed by atoms with Crippen LogP contribution in [0.3, 0.4) is 0 Å². The van der Waals surface area contributed by atoms with Gasteiger partial charge in [0.05, 0.1) is 7.11 Å². The summed E-state index contributed by atoms with van der Waals surface area (Å²) in [6, 6.07) is 9.33. The first-order chi connectivity index (χ1) is 8.65. The van der Waals surface area contributed by atoms with Gasteiger partial charge in [-0.25, -0.2) is 0 Å². The second kappa shape index (κ2) is 5.50. The Balaban J connectivity index is 2.48. The summed E-state index contributed by atoms with van der Waals surface area (Å²) in [4.78, 5) is 4.20. The standard InChI is InChI=1S/C14H14BrNO2/c1-9-5-3-6-10(12(9)15)14(17)13-11(18-2)7-4-8-16-13/h3-8,14,17H,1-2H3. The fourth-order valence-corrected chi connectivity index (χ4v) is 2.29. The smallest absolute Gasteiger partial charge is 0.143 e. The lowest BCUT2D eigenvalue weighted by atomic mass is 10.0. The number of pyridine rings is 1. The van der Waals surface area contributed by atoms with E-state index in [-0.39, 0.29) is 0 Å². The van der Waals surface area contributed by atoms with Crippen molar-refractivity contribution in [3.05, 3.63) is 57.8 Å². The first kappa shape index (κ1) is 13.1. The van der Waals surface area contributed by atoms with Gasteiger partial charge in [0.15, 0.2) is 0 Å². The Morgan fingerprint density at radius 1 is 1.28 bits per heavy atom. The van der Waals surface area contributed by atoms with Crippen molar-refractivity contribution < 1.29 is 9.84 Å². The van der Waals surface area contributed by atoms with Crippen LogP contribution in [-0.4, -0.2) is 17.2 Å². The molecule has 2 aromatic rings. The molecule has 94 valence electrons. The van der Waals surface area contributed by atoms with E-state index in [0.717, 1.165) is 15.6 Å². The van der Waals surface area contributed by atoms with E-state index in [1.807, 2.05) is 25.1 Å². The van der Waals surface area contributed by atoms with Crippen molar-refractivity contribution in [2.45, 2.75) is 13.0 Å². The van der Waals surface area contributed by atoms with E-state index >= 15 is 0 Å². The van der Waals surface area contributed by atoms with Gasteiger partial charge in [-0.15, -0.1) is 0 Å². The second-order valence-electron chi connectivity index (χ2n) is 3.97. The molecule has 1 atom stereocenters. The lowest BCUT2D eigenvalue weighted by Crippen LogP contribution is -2.06. The molecule has 0 amide bonds. The summed E-state index contributed by atoms with van der Waals surface area (Å²) in [7, 11) is 1.57. The predicted molar refractivity (Wildman–Crippen MR) is 73.7 cm³/mol. The maximum absolute atomic E-state index is 10.4. The number of hydrogen-bond donors (Lipinski definition) is 1. The number of halogens is 1. The van der Waals surface area contributed by atoms with Gasteiger partial charge < -0.3 is 9.84 Å². The van der Waals surface area contributed by atoms with E-state index in [1.165, 1.54) is 0 Å². The minimum Gasteiger partial charge on any atom is -0.495 e. The fourth-order valence-electron chi connectivity index (χ4n) is 1.81. The van der Waals surface area contributed by atoms with Gasteiger partial charge >= 0.3 is 0 Å². The fraction of sp³-hybridized carbons (Fsp3) is 0.214. The monoisotopic (exact) mass is 307 g/mol. The van der Waals surface area contributed by atoms with Crippen LogP contribution < -0.4 is 4.74 Å². The molecule has 1 aromatic carbocycles. The quantitative estimate of drug-likeness (QED) is 0.946. The number of methoxy groups -OCH3 is 1. The molecule has 0 bridgehead atoms. The van der Waals surface area contributed by atoms with Crippen molar-refractivity contribution in [2.24, 2.45) is 0 Å². The molecule has 1 N–H and O–H groups in total. The number of aromatic nitrogens is 1. The van der Waals surface area contributed by atoms with Gasteiger partial charge in [0.1, 0.15) is 17.5 Å². The summed E-state index contributed by atoms with van der Waals surface area (Å²) < 4.78 is 6.11. The van der Waals surface area contributed by atoms with Crippen LogP contribution in [-0.2, 0) is 0 Å². The zero-order valence-electron chi connectivity index (χ0n) is 10.2. The van der Waals surface area contributed by atoms with Crippen molar-refractivity contribution in [2.75, 3.05) is 7.11 Å². The minimum absolute atomic E-state index is 0.520. The minimum atomic E-state index is -0.810. The van der Waals surface area contributed by atoms with Gasteiger partial charge in [-0.2, -0.15) is 0 Å². The van der Waals surface area contributed by atoms with Crippen LogP contribution in [0.25, 0.3) is 0 Å². The molecular weight excluding hydrogens is 294 g/mol. The summed E-state index contributed by atoms with van der Waals surface area (Å²) in [5.74, 6) is 0.582. The molecule has 1 aromatic heterocycles. The van der Waals surface area contributed by atoms with Crippen LogP contribution in [0.2, 0.25) is 0 Å². The maximum Gasteiger partial charge on any atom is 0.143 e. The molecule has 0 saturated carbocycles. The summed E-state index contributed by atoms with van der Waals surface area (Å²) in [5.41, 5.74) is 2.37. The van der Waals surface area contributed by atoms with E-state index in [4.69, 9.17) is 4.74 Å². The molecule has 4 heteroatoms. The van der Waals surface area contributed by atoms with Crippen LogP contribution in [0.4, 0.5) is 0 Å². The maximum atomic E-state index is 10.4. The number of aryl methyl sites for hydroxylation is 1. The molecule has 0 spiro atoms. The summed E-state index contributed by atoms with van der Waals surface area (Å²) in [5, 5.41) is 10.4. The normalized spacial score (nSPS) is 12.2. The Kier molecular flexibility index (Phi) is 3.99. The third kappa shape index (κ3) is 2.40. The molecule has 3 nitrogen and oxygen atoms in total. The SMILES string of the molecule is COc1cccnc1C(O)c1cccc(C)c1Br. The van der Waals surface area contributed by atoms with Crippen molar-refractivity contribution in [3.63, 3.8) is 0 Å². The molecular formula is C14H14BrNO2. The van der Waals surface area contributed by atoms with Gasteiger partial charge in [-0.3, -0.25) is 4.98 Å². The van der Waals surface area contributed by atoms with E-state index in [9.17, 15) is 5.11 Å². The molecule has 1 heterocycles. The Hall–Kier alpha value is -1.39. The molecule has 2 rings (SSSR count). The molecule has 1 unspecified atom stereocenters.